The van der Waals surface area contributed by atoms with Crippen molar-refractivity contribution in [2.24, 2.45) is 10.9 Å². The molecule has 2 amide bonds. The minimum atomic E-state index is 0.0700. The lowest BCUT2D eigenvalue weighted by molar-refractivity contribution is -0.135. The monoisotopic (exact) mass is 441 g/mol. The fourth-order valence-corrected chi connectivity index (χ4v) is 4.72. The Bertz CT molecular complexity index is 782. The third kappa shape index (κ3) is 6.24. The summed E-state index contributed by atoms with van der Waals surface area (Å²) in [4.78, 5) is 33.5. The lowest BCUT2D eigenvalue weighted by Crippen LogP contribution is -2.45. The van der Waals surface area contributed by atoms with E-state index in [1.165, 1.54) is 19.3 Å². The van der Waals surface area contributed by atoms with Gasteiger partial charge in [0.05, 0.1) is 0 Å². The number of benzene rings is 1. The molecule has 176 valence electrons. The van der Waals surface area contributed by atoms with Gasteiger partial charge in [0.25, 0.3) is 5.91 Å². The minimum Gasteiger partial charge on any atom is -0.352 e. The van der Waals surface area contributed by atoms with Gasteiger partial charge in [-0.15, -0.1) is 0 Å². The van der Waals surface area contributed by atoms with Crippen LogP contribution >= 0.6 is 0 Å². The first-order chi connectivity index (χ1) is 15.5. The van der Waals surface area contributed by atoms with Crippen LogP contribution in [0.2, 0.25) is 0 Å². The Hall–Kier alpha value is -2.57. The quantitative estimate of drug-likeness (QED) is 0.504. The maximum absolute atomic E-state index is 12.8. The van der Waals surface area contributed by atoms with Gasteiger partial charge in [-0.3, -0.25) is 14.6 Å². The average Bonchev–Trinajstić information content (AvgIpc) is 3.31. The number of nitrogens with zero attached hydrogens (tertiary/aromatic N) is 3. The number of nitrogens with one attached hydrogen (secondary N) is 2. The highest BCUT2D eigenvalue weighted by atomic mass is 16.2. The normalized spacial score (nSPS) is 19.7. The van der Waals surface area contributed by atoms with Crippen LogP contribution in [0.5, 0.6) is 0 Å². The maximum atomic E-state index is 12.8. The third-order valence-corrected chi connectivity index (χ3v) is 6.73. The Morgan fingerprint density at radius 1 is 1.06 bits per heavy atom. The highest BCUT2D eigenvalue weighted by molar-refractivity contribution is 5.94. The molecule has 2 aliphatic rings. The van der Waals surface area contributed by atoms with Crippen molar-refractivity contribution in [1.82, 2.24) is 20.4 Å². The molecule has 0 radical (unpaired) electrons. The van der Waals surface area contributed by atoms with Crippen LogP contribution in [-0.2, 0) is 11.3 Å². The molecule has 1 saturated heterocycles. The van der Waals surface area contributed by atoms with Crippen molar-refractivity contribution in [3.63, 3.8) is 0 Å². The van der Waals surface area contributed by atoms with Crippen molar-refractivity contribution >= 4 is 17.8 Å². The first-order valence-electron chi connectivity index (χ1n) is 12.2. The lowest BCUT2D eigenvalue weighted by atomic mass is 9.88. The number of likely N-dealkylation sites (tertiary alicyclic amines) is 1. The SMILES string of the molecule is CCN(CC)C(=O)c1ccc(CNC(=NC)NC2CCN(C(=O)C3CCCCC3)C2)cc1. The standard InChI is InChI=1S/C25H39N5O2/c1-4-29(5-2)23(31)21-13-11-19(12-14-21)17-27-25(26-3)28-22-15-16-30(18-22)24(32)20-9-7-6-8-10-20/h11-14,20,22H,4-10,15-18H2,1-3H3,(H2,26,27,28). The third-order valence-electron chi connectivity index (χ3n) is 6.73. The van der Waals surface area contributed by atoms with Crippen molar-refractivity contribution in [2.45, 2.75) is 65.0 Å². The predicted molar refractivity (Wildman–Crippen MR) is 129 cm³/mol. The predicted octanol–water partition coefficient (Wildman–Crippen LogP) is 3.01. The second-order valence-corrected chi connectivity index (χ2v) is 8.85. The van der Waals surface area contributed by atoms with Gasteiger partial charge in [-0.25, -0.2) is 0 Å². The van der Waals surface area contributed by atoms with E-state index in [9.17, 15) is 9.59 Å². The van der Waals surface area contributed by atoms with Gasteiger partial charge in [0.2, 0.25) is 5.91 Å². The molecule has 0 bridgehead atoms. The molecule has 32 heavy (non-hydrogen) atoms. The molecule has 0 spiro atoms. The number of amides is 2. The molecule has 1 unspecified atom stereocenters. The fourth-order valence-electron chi connectivity index (χ4n) is 4.72. The summed E-state index contributed by atoms with van der Waals surface area (Å²) in [7, 11) is 1.76. The van der Waals surface area contributed by atoms with Crippen LogP contribution < -0.4 is 10.6 Å². The summed E-state index contributed by atoms with van der Waals surface area (Å²) >= 11 is 0. The Morgan fingerprint density at radius 2 is 1.75 bits per heavy atom. The summed E-state index contributed by atoms with van der Waals surface area (Å²) in [6, 6.07) is 7.97. The summed E-state index contributed by atoms with van der Waals surface area (Å²) < 4.78 is 0. The first kappa shape index (κ1) is 24.1. The second kappa shape index (κ2) is 11.9. The van der Waals surface area contributed by atoms with Crippen LogP contribution in [0.3, 0.4) is 0 Å². The van der Waals surface area contributed by atoms with E-state index in [0.717, 1.165) is 43.9 Å². The van der Waals surface area contributed by atoms with E-state index in [0.29, 0.717) is 31.1 Å². The number of guanidine groups is 1. The van der Waals surface area contributed by atoms with Gasteiger partial charge < -0.3 is 20.4 Å². The van der Waals surface area contributed by atoms with E-state index >= 15 is 0 Å². The number of hydrogen-bond acceptors (Lipinski definition) is 3. The second-order valence-electron chi connectivity index (χ2n) is 8.85. The molecule has 2 N–H and O–H groups in total. The van der Waals surface area contributed by atoms with E-state index in [1.807, 2.05) is 47.9 Å². The molecule has 2 fully saturated rings. The van der Waals surface area contributed by atoms with Crippen molar-refractivity contribution in [3.05, 3.63) is 35.4 Å². The zero-order valence-electron chi connectivity index (χ0n) is 19.9. The van der Waals surface area contributed by atoms with Crippen LogP contribution in [0.15, 0.2) is 29.3 Å². The summed E-state index contributed by atoms with van der Waals surface area (Å²) in [5, 5.41) is 6.82. The fraction of sp³-hybridized carbons (Fsp3) is 0.640. The Kier molecular flexibility index (Phi) is 8.94. The summed E-state index contributed by atoms with van der Waals surface area (Å²) in [5.41, 5.74) is 1.80. The van der Waals surface area contributed by atoms with Crippen molar-refractivity contribution in [3.8, 4) is 0 Å². The number of carbonyl (C=O) groups excluding carboxylic acids is 2. The van der Waals surface area contributed by atoms with Crippen LogP contribution in [0.4, 0.5) is 0 Å². The van der Waals surface area contributed by atoms with Gasteiger partial charge in [0.15, 0.2) is 5.96 Å². The molecular weight excluding hydrogens is 402 g/mol. The molecule has 1 aliphatic carbocycles. The molecule has 7 nitrogen and oxygen atoms in total. The topological polar surface area (TPSA) is 77.0 Å². The zero-order chi connectivity index (χ0) is 22.9. The minimum absolute atomic E-state index is 0.0700. The van der Waals surface area contributed by atoms with Crippen LogP contribution in [0.25, 0.3) is 0 Å². The summed E-state index contributed by atoms with van der Waals surface area (Å²) in [5.74, 6) is 1.39. The lowest BCUT2D eigenvalue weighted by Gasteiger charge is -2.26. The van der Waals surface area contributed by atoms with Gasteiger partial charge >= 0.3 is 0 Å². The molecule has 1 aromatic carbocycles. The molecule has 3 rings (SSSR count). The van der Waals surface area contributed by atoms with Crippen molar-refractivity contribution in [2.75, 3.05) is 33.2 Å². The summed E-state index contributed by atoms with van der Waals surface area (Å²) in [6.45, 7) is 7.61. The van der Waals surface area contributed by atoms with E-state index < -0.39 is 0 Å². The van der Waals surface area contributed by atoms with E-state index in [4.69, 9.17) is 0 Å². The van der Waals surface area contributed by atoms with Gasteiger partial charge in [0, 0.05) is 57.3 Å². The number of aliphatic imine (C=N–C) groups is 1. The van der Waals surface area contributed by atoms with Gasteiger partial charge in [-0.2, -0.15) is 0 Å². The molecular formula is C25H39N5O2. The van der Waals surface area contributed by atoms with Crippen LogP contribution in [0, 0.1) is 5.92 Å². The zero-order valence-corrected chi connectivity index (χ0v) is 19.9. The Balaban J connectivity index is 1.46. The molecule has 0 aromatic heterocycles. The number of hydrogen-bond donors (Lipinski definition) is 2. The average molecular weight is 442 g/mol. The molecule has 1 aliphatic heterocycles. The smallest absolute Gasteiger partial charge is 0.253 e. The molecule has 1 saturated carbocycles. The Labute approximate surface area is 192 Å². The molecule has 7 heteroatoms. The largest absolute Gasteiger partial charge is 0.352 e. The van der Waals surface area contributed by atoms with E-state index in [1.54, 1.807) is 7.05 Å². The molecule has 1 heterocycles. The van der Waals surface area contributed by atoms with Crippen LogP contribution in [-0.4, -0.2) is 66.8 Å². The highest BCUT2D eigenvalue weighted by Gasteiger charge is 2.31. The highest BCUT2D eigenvalue weighted by Crippen LogP contribution is 2.26. The van der Waals surface area contributed by atoms with Crippen molar-refractivity contribution < 1.29 is 9.59 Å². The summed E-state index contributed by atoms with van der Waals surface area (Å²) in [6.07, 6.45) is 6.69. The van der Waals surface area contributed by atoms with Gasteiger partial charge in [-0.1, -0.05) is 31.4 Å². The number of carbonyl (C=O) groups is 2. The van der Waals surface area contributed by atoms with E-state index in [2.05, 4.69) is 15.6 Å². The van der Waals surface area contributed by atoms with Gasteiger partial charge in [-0.05, 0) is 50.8 Å². The van der Waals surface area contributed by atoms with E-state index in [-0.39, 0.29) is 17.9 Å². The number of rotatable bonds is 7. The molecule has 1 atom stereocenters. The van der Waals surface area contributed by atoms with Crippen LogP contribution in [0.1, 0.15) is 68.3 Å². The van der Waals surface area contributed by atoms with Crippen molar-refractivity contribution in [1.29, 1.82) is 0 Å². The van der Waals surface area contributed by atoms with Gasteiger partial charge in [0.1, 0.15) is 0 Å². The Morgan fingerprint density at radius 3 is 2.38 bits per heavy atom. The molecule has 1 aromatic rings. The maximum Gasteiger partial charge on any atom is 0.253 e. The first-order valence-corrected chi connectivity index (χ1v) is 12.2.